The number of nitro groups is 1. The van der Waals surface area contributed by atoms with E-state index in [1.54, 1.807) is 12.1 Å². The summed E-state index contributed by atoms with van der Waals surface area (Å²) in [5, 5.41) is 14.3. The number of nitrogens with zero attached hydrogens (tertiary/aromatic N) is 2. The second-order valence-electron chi connectivity index (χ2n) is 5.19. The molecule has 0 aliphatic carbocycles. The topological polar surface area (TPSA) is 58.4 Å². The van der Waals surface area contributed by atoms with Gasteiger partial charge in [0.25, 0.3) is 5.69 Å². The molecule has 1 heterocycles. The van der Waals surface area contributed by atoms with E-state index in [1.807, 2.05) is 25.1 Å². The molecule has 2 aromatic carbocycles. The normalized spacial score (nSPS) is 14.4. The van der Waals surface area contributed by atoms with Crippen molar-refractivity contribution in [1.29, 1.82) is 0 Å². The number of fused-ring (bicyclic) bond motifs is 1. The van der Waals surface area contributed by atoms with Gasteiger partial charge in [-0.15, -0.1) is 0 Å². The first-order valence-electron chi connectivity index (χ1n) is 6.98. The summed E-state index contributed by atoms with van der Waals surface area (Å²) < 4.78 is 0. The second-order valence-corrected chi connectivity index (χ2v) is 5.19. The van der Waals surface area contributed by atoms with Crippen LogP contribution in [-0.2, 0) is 6.54 Å². The highest BCUT2D eigenvalue weighted by atomic mass is 16.6. The fourth-order valence-electron chi connectivity index (χ4n) is 2.76. The molecule has 0 spiro atoms. The molecule has 0 unspecified atom stereocenters. The summed E-state index contributed by atoms with van der Waals surface area (Å²) in [6.07, 6.45) is 0. The monoisotopic (exact) mass is 283 g/mol. The summed E-state index contributed by atoms with van der Waals surface area (Å²) in [6.45, 7) is 4.49. The largest absolute Gasteiger partial charge is 0.340 e. The Labute approximate surface area is 123 Å². The highest BCUT2D eigenvalue weighted by molar-refractivity contribution is 5.70. The lowest BCUT2D eigenvalue weighted by Crippen LogP contribution is -2.25. The number of non-ortho nitro benzene ring substituents is 1. The first kappa shape index (κ1) is 13.6. The number of aryl methyl sites for hydroxylation is 1. The minimum absolute atomic E-state index is 0.137. The number of nitro benzene ring substituents is 1. The molecule has 0 radical (unpaired) electrons. The summed E-state index contributed by atoms with van der Waals surface area (Å²) in [7, 11) is 0. The number of benzene rings is 2. The predicted octanol–water partition coefficient (Wildman–Crippen LogP) is 3.14. The minimum Gasteiger partial charge on any atom is -0.340 e. The summed E-state index contributed by atoms with van der Waals surface area (Å²) in [4.78, 5) is 12.8. The van der Waals surface area contributed by atoms with Gasteiger partial charge >= 0.3 is 0 Å². The van der Waals surface area contributed by atoms with Gasteiger partial charge in [-0.2, -0.15) is 0 Å². The Balaban J connectivity index is 2.06. The Hall–Kier alpha value is -2.40. The number of hydrogen-bond acceptors (Lipinski definition) is 4. The SMILES string of the molecule is Cc1cc([N+](=O)[O-])ccc1N1CCNCc2ccccc21. The molecule has 0 aromatic heterocycles. The molecule has 5 nitrogen and oxygen atoms in total. The van der Waals surface area contributed by atoms with Gasteiger partial charge in [0.05, 0.1) is 4.92 Å². The highest BCUT2D eigenvalue weighted by Gasteiger charge is 2.19. The molecule has 0 saturated carbocycles. The average Bonchev–Trinajstić information content (AvgIpc) is 2.69. The molecule has 1 N–H and O–H groups in total. The van der Waals surface area contributed by atoms with Crippen LogP contribution in [0.15, 0.2) is 42.5 Å². The van der Waals surface area contributed by atoms with E-state index in [-0.39, 0.29) is 10.6 Å². The first-order valence-corrected chi connectivity index (χ1v) is 6.98. The van der Waals surface area contributed by atoms with Gasteiger partial charge in [0, 0.05) is 43.1 Å². The van der Waals surface area contributed by atoms with Crippen molar-refractivity contribution >= 4 is 17.1 Å². The van der Waals surface area contributed by atoms with Crippen LogP contribution in [0.5, 0.6) is 0 Å². The molecule has 2 aromatic rings. The second kappa shape index (κ2) is 5.54. The Morgan fingerprint density at radius 1 is 1.19 bits per heavy atom. The molecule has 3 rings (SSSR count). The molecule has 0 amide bonds. The van der Waals surface area contributed by atoms with Gasteiger partial charge in [-0.05, 0) is 30.2 Å². The molecular weight excluding hydrogens is 266 g/mol. The Morgan fingerprint density at radius 2 is 2.00 bits per heavy atom. The van der Waals surface area contributed by atoms with E-state index in [4.69, 9.17) is 0 Å². The number of para-hydroxylation sites is 1. The standard InChI is InChI=1S/C16H17N3O2/c1-12-10-14(19(20)21)6-7-15(12)18-9-8-17-11-13-4-2-3-5-16(13)18/h2-7,10,17H,8-9,11H2,1H3. The minimum atomic E-state index is -0.352. The van der Waals surface area contributed by atoms with Crippen LogP contribution in [0, 0.1) is 17.0 Å². The van der Waals surface area contributed by atoms with Gasteiger partial charge in [0.2, 0.25) is 0 Å². The highest BCUT2D eigenvalue weighted by Crippen LogP contribution is 2.33. The summed E-state index contributed by atoms with van der Waals surface area (Å²) in [6, 6.07) is 13.3. The number of rotatable bonds is 2. The summed E-state index contributed by atoms with van der Waals surface area (Å²) in [5.41, 5.74) is 4.49. The molecule has 0 bridgehead atoms. The molecule has 21 heavy (non-hydrogen) atoms. The average molecular weight is 283 g/mol. The quantitative estimate of drug-likeness (QED) is 0.679. The van der Waals surface area contributed by atoms with E-state index in [0.29, 0.717) is 0 Å². The van der Waals surface area contributed by atoms with Crippen molar-refractivity contribution in [2.24, 2.45) is 0 Å². The van der Waals surface area contributed by atoms with Crippen LogP contribution in [0.25, 0.3) is 0 Å². The lowest BCUT2D eigenvalue weighted by atomic mass is 10.1. The lowest BCUT2D eigenvalue weighted by molar-refractivity contribution is -0.384. The zero-order valence-corrected chi connectivity index (χ0v) is 11.9. The van der Waals surface area contributed by atoms with Crippen LogP contribution < -0.4 is 10.2 Å². The van der Waals surface area contributed by atoms with Crippen LogP contribution in [0.4, 0.5) is 17.1 Å². The summed E-state index contributed by atoms with van der Waals surface area (Å²) in [5.74, 6) is 0. The van der Waals surface area contributed by atoms with Crippen LogP contribution in [-0.4, -0.2) is 18.0 Å². The van der Waals surface area contributed by atoms with E-state index < -0.39 is 0 Å². The summed E-state index contributed by atoms with van der Waals surface area (Å²) >= 11 is 0. The molecule has 0 saturated heterocycles. The zero-order valence-electron chi connectivity index (χ0n) is 11.9. The number of anilines is 2. The van der Waals surface area contributed by atoms with E-state index in [0.717, 1.165) is 30.9 Å². The van der Waals surface area contributed by atoms with E-state index in [1.165, 1.54) is 11.3 Å². The molecule has 1 aliphatic heterocycles. The lowest BCUT2D eigenvalue weighted by Gasteiger charge is -2.26. The van der Waals surface area contributed by atoms with Crippen molar-refractivity contribution in [3.63, 3.8) is 0 Å². The van der Waals surface area contributed by atoms with E-state index in [2.05, 4.69) is 22.3 Å². The van der Waals surface area contributed by atoms with Crippen molar-refractivity contribution in [2.45, 2.75) is 13.5 Å². The fraction of sp³-hybridized carbons (Fsp3) is 0.250. The molecule has 0 atom stereocenters. The van der Waals surface area contributed by atoms with Gasteiger partial charge in [-0.25, -0.2) is 0 Å². The van der Waals surface area contributed by atoms with E-state index >= 15 is 0 Å². The molecule has 108 valence electrons. The number of hydrogen-bond donors (Lipinski definition) is 1. The molecule has 0 fully saturated rings. The van der Waals surface area contributed by atoms with Crippen molar-refractivity contribution in [3.05, 3.63) is 63.7 Å². The van der Waals surface area contributed by atoms with Gasteiger partial charge in [-0.1, -0.05) is 18.2 Å². The van der Waals surface area contributed by atoms with Gasteiger partial charge in [-0.3, -0.25) is 10.1 Å². The maximum Gasteiger partial charge on any atom is 0.269 e. The molecule has 1 aliphatic rings. The van der Waals surface area contributed by atoms with Crippen LogP contribution in [0.3, 0.4) is 0 Å². The maximum atomic E-state index is 10.9. The Bertz CT molecular complexity index is 685. The third-order valence-electron chi connectivity index (χ3n) is 3.79. The van der Waals surface area contributed by atoms with Crippen LogP contribution in [0.1, 0.15) is 11.1 Å². The van der Waals surface area contributed by atoms with Crippen LogP contribution >= 0.6 is 0 Å². The van der Waals surface area contributed by atoms with Crippen molar-refractivity contribution < 1.29 is 4.92 Å². The number of nitrogens with one attached hydrogen (secondary N) is 1. The van der Waals surface area contributed by atoms with E-state index in [9.17, 15) is 10.1 Å². The maximum absolute atomic E-state index is 10.9. The van der Waals surface area contributed by atoms with Crippen molar-refractivity contribution in [2.75, 3.05) is 18.0 Å². The third-order valence-corrected chi connectivity index (χ3v) is 3.79. The Morgan fingerprint density at radius 3 is 2.76 bits per heavy atom. The van der Waals surface area contributed by atoms with Crippen LogP contribution in [0.2, 0.25) is 0 Å². The van der Waals surface area contributed by atoms with Gasteiger partial charge in [0.15, 0.2) is 0 Å². The fourth-order valence-corrected chi connectivity index (χ4v) is 2.76. The Kier molecular flexibility index (Phi) is 3.58. The molecule has 5 heteroatoms. The zero-order chi connectivity index (χ0) is 14.8. The predicted molar refractivity (Wildman–Crippen MR) is 83.0 cm³/mol. The third kappa shape index (κ3) is 2.60. The first-order chi connectivity index (χ1) is 10.2. The van der Waals surface area contributed by atoms with Gasteiger partial charge < -0.3 is 10.2 Å². The van der Waals surface area contributed by atoms with Crippen molar-refractivity contribution in [1.82, 2.24) is 5.32 Å². The van der Waals surface area contributed by atoms with Crippen molar-refractivity contribution in [3.8, 4) is 0 Å². The van der Waals surface area contributed by atoms with Gasteiger partial charge in [0.1, 0.15) is 0 Å². The molecular formula is C16H17N3O2. The smallest absolute Gasteiger partial charge is 0.269 e.